The Labute approximate surface area is 128 Å². The molecule has 1 saturated carbocycles. The third-order valence-corrected chi connectivity index (χ3v) is 4.58. The summed E-state index contributed by atoms with van der Waals surface area (Å²) in [6.07, 6.45) is 3.80. The Balaban J connectivity index is 1.76. The van der Waals surface area contributed by atoms with E-state index in [0.29, 0.717) is 0 Å². The van der Waals surface area contributed by atoms with Gasteiger partial charge >= 0.3 is 0 Å². The van der Waals surface area contributed by atoms with E-state index in [-0.39, 0.29) is 61.9 Å². The molecule has 1 aliphatic carbocycles. The van der Waals surface area contributed by atoms with Gasteiger partial charge in [-0.05, 0) is 12.8 Å². The van der Waals surface area contributed by atoms with E-state index in [9.17, 15) is 19.2 Å². The number of rotatable bonds is 2. The molecule has 0 spiro atoms. The highest BCUT2D eigenvalue weighted by Crippen LogP contribution is 2.28. The summed E-state index contributed by atoms with van der Waals surface area (Å²) in [4.78, 5) is 50.2. The van der Waals surface area contributed by atoms with Crippen LogP contribution in [0.3, 0.4) is 0 Å². The monoisotopic (exact) mass is 308 g/mol. The van der Waals surface area contributed by atoms with Gasteiger partial charge in [0.1, 0.15) is 0 Å². The molecule has 22 heavy (non-hydrogen) atoms. The van der Waals surface area contributed by atoms with E-state index < -0.39 is 0 Å². The normalized spacial score (nSPS) is 31.8. The zero-order chi connectivity index (χ0) is 15.7. The summed E-state index contributed by atoms with van der Waals surface area (Å²) in [5.41, 5.74) is 0. The number of imide groups is 2. The molecule has 0 radical (unpaired) electrons. The number of hydrogen-bond acceptors (Lipinski definition) is 6. The summed E-state index contributed by atoms with van der Waals surface area (Å²) >= 11 is 0. The minimum atomic E-state index is -0.284. The van der Waals surface area contributed by atoms with Crippen molar-refractivity contribution >= 4 is 23.6 Å². The Hall–Kier alpha value is -1.80. The van der Waals surface area contributed by atoms with Crippen molar-refractivity contribution in [3.63, 3.8) is 0 Å². The minimum Gasteiger partial charge on any atom is -0.294 e. The van der Waals surface area contributed by atoms with Crippen molar-refractivity contribution in [1.82, 2.24) is 20.4 Å². The van der Waals surface area contributed by atoms with Crippen LogP contribution in [0.5, 0.6) is 0 Å². The molecule has 4 amide bonds. The Morgan fingerprint density at radius 2 is 0.955 bits per heavy atom. The van der Waals surface area contributed by atoms with Crippen molar-refractivity contribution in [3.05, 3.63) is 0 Å². The van der Waals surface area contributed by atoms with E-state index in [2.05, 4.69) is 10.6 Å². The molecule has 0 aromatic heterocycles. The van der Waals surface area contributed by atoms with E-state index in [0.717, 1.165) is 25.7 Å². The van der Waals surface area contributed by atoms with E-state index in [1.54, 1.807) is 0 Å². The van der Waals surface area contributed by atoms with Gasteiger partial charge in [0, 0.05) is 12.1 Å². The molecule has 3 rings (SSSR count). The largest absolute Gasteiger partial charge is 0.294 e. The first-order valence-electron chi connectivity index (χ1n) is 7.66. The number of carbonyl (C=O) groups excluding carboxylic acids is 4. The predicted octanol–water partition coefficient (Wildman–Crippen LogP) is -1.79. The first-order chi connectivity index (χ1) is 10.5. The maximum Gasteiger partial charge on any atom is 0.240 e. The molecule has 2 heterocycles. The standard InChI is InChI=1S/C14H20N4O4/c19-11-5-17(6-12(20)15-11)9-3-1-2-4-10(9)18-7-13(21)16-14(22)8-18/h9-10H,1-8H2,(H,15,19,20)(H,16,21,22)/t9-,10+. The zero-order valence-corrected chi connectivity index (χ0v) is 12.3. The zero-order valence-electron chi connectivity index (χ0n) is 12.3. The van der Waals surface area contributed by atoms with Crippen molar-refractivity contribution in [2.24, 2.45) is 0 Å². The van der Waals surface area contributed by atoms with Crippen LogP contribution in [0.4, 0.5) is 0 Å². The molecule has 0 aromatic rings. The van der Waals surface area contributed by atoms with E-state index in [4.69, 9.17) is 0 Å². The topological polar surface area (TPSA) is 98.8 Å². The highest BCUT2D eigenvalue weighted by Gasteiger charge is 2.39. The summed E-state index contributed by atoms with van der Waals surface area (Å²) in [7, 11) is 0. The fraction of sp³-hybridized carbons (Fsp3) is 0.714. The summed E-state index contributed by atoms with van der Waals surface area (Å²) in [6, 6.07) is 0.0601. The van der Waals surface area contributed by atoms with Crippen LogP contribution in [-0.2, 0) is 19.2 Å². The van der Waals surface area contributed by atoms with Crippen LogP contribution >= 0.6 is 0 Å². The van der Waals surface area contributed by atoms with Crippen LogP contribution < -0.4 is 10.6 Å². The average molecular weight is 308 g/mol. The minimum absolute atomic E-state index is 0.0300. The maximum absolute atomic E-state index is 11.6. The number of piperazine rings is 2. The SMILES string of the molecule is O=C1CN([C@@H]2CCCC[C@@H]2N2CC(=O)NC(=O)C2)CC(=O)N1. The van der Waals surface area contributed by atoms with Gasteiger partial charge in [0.15, 0.2) is 0 Å². The first kappa shape index (κ1) is 15.1. The third kappa shape index (κ3) is 3.17. The van der Waals surface area contributed by atoms with Gasteiger partial charge in [0.2, 0.25) is 23.6 Å². The molecule has 3 aliphatic rings. The second-order valence-electron chi connectivity index (χ2n) is 6.17. The molecule has 3 fully saturated rings. The average Bonchev–Trinajstić information content (AvgIpc) is 2.45. The Bertz CT molecular complexity index is 443. The number of carbonyl (C=O) groups is 4. The number of nitrogens with one attached hydrogen (secondary N) is 2. The van der Waals surface area contributed by atoms with Crippen LogP contribution in [0.1, 0.15) is 25.7 Å². The number of hydrogen-bond donors (Lipinski definition) is 2. The molecule has 0 unspecified atom stereocenters. The Kier molecular flexibility index (Phi) is 4.21. The van der Waals surface area contributed by atoms with Crippen LogP contribution in [-0.4, -0.2) is 71.7 Å². The lowest BCUT2D eigenvalue weighted by Crippen LogP contribution is -2.64. The number of nitrogens with zero attached hydrogens (tertiary/aromatic N) is 2. The second-order valence-corrected chi connectivity index (χ2v) is 6.17. The molecule has 120 valence electrons. The fourth-order valence-corrected chi connectivity index (χ4v) is 3.73. The van der Waals surface area contributed by atoms with Crippen LogP contribution in [0, 0.1) is 0 Å². The lowest BCUT2D eigenvalue weighted by molar-refractivity contribution is -0.142. The molecule has 0 bridgehead atoms. The van der Waals surface area contributed by atoms with Crippen molar-refractivity contribution in [2.75, 3.05) is 26.2 Å². The molecule has 8 nitrogen and oxygen atoms in total. The van der Waals surface area contributed by atoms with Gasteiger partial charge in [-0.15, -0.1) is 0 Å². The quantitative estimate of drug-likeness (QED) is 0.585. The third-order valence-electron chi connectivity index (χ3n) is 4.58. The maximum atomic E-state index is 11.6. The van der Waals surface area contributed by atoms with Gasteiger partial charge in [-0.1, -0.05) is 12.8 Å². The summed E-state index contributed by atoms with van der Waals surface area (Å²) in [5, 5.41) is 4.61. The molecule has 2 saturated heterocycles. The van der Waals surface area contributed by atoms with E-state index in [1.165, 1.54) is 0 Å². The molecular formula is C14H20N4O4. The Morgan fingerprint density at radius 3 is 1.27 bits per heavy atom. The summed E-state index contributed by atoms with van der Waals surface area (Å²) in [6.45, 7) is 0.781. The van der Waals surface area contributed by atoms with E-state index >= 15 is 0 Å². The summed E-state index contributed by atoms with van der Waals surface area (Å²) < 4.78 is 0. The lowest BCUT2D eigenvalue weighted by Gasteiger charge is -2.45. The van der Waals surface area contributed by atoms with Gasteiger partial charge in [0.05, 0.1) is 26.2 Å². The van der Waals surface area contributed by atoms with Crippen LogP contribution in [0.25, 0.3) is 0 Å². The molecule has 2 N–H and O–H groups in total. The van der Waals surface area contributed by atoms with Crippen LogP contribution in [0.2, 0.25) is 0 Å². The molecule has 2 atom stereocenters. The highest BCUT2D eigenvalue weighted by molar-refractivity contribution is 6.00. The van der Waals surface area contributed by atoms with Crippen molar-refractivity contribution in [1.29, 1.82) is 0 Å². The molecular weight excluding hydrogens is 288 g/mol. The van der Waals surface area contributed by atoms with Crippen LogP contribution in [0.15, 0.2) is 0 Å². The lowest BCUT2D eigenvalue weighted by atomic mass is 9.87. The first-order valence-corrected chi connectivity index (χ1v) is 7.66. The van der Waals surface area contributed by atoms with Gasteiger partial charge in [0.25, 0.3) is 0 Å². The fourth-order valence-electron chi connectivity index (χ4n) is 3.73. The molecule has 0 aromatic carbocycles. The van der Waals surface area contributed by atoms with Crippen molar-refractivity contribution in [3.8, 4) is 0 Å². The summed E-state index contributed by atoms with van der Waals surface area (Å²) in [5.74, 6) is -1.14. The predicted molar refractivity (Wildman–Crippen MR) is 75.5 cm³/mol. The van der Waals surface area contributed by atoms with Crippen molar-refractivity contribution in [2.45, 2.75) is 37.8 Å². The van der Waals surface area contributed by atoms with Gasteiger partial charge < -0.3 is 0 Å². The van der Waals surface area contributed by atoms with Gasteiger partial charge in [-0.25, -0.2) is 0 Å². The van der Waals surface area contributed by atoms with Gasteiger partial charge in [-0.3, -0.25) is 39.6 Å². The number of amides is 4. The molecule has 8 heteroatoms. The smallest absolute Gasteiger partial charge is 0.240 e. The van der Waals surface area contributed by atoms with Gasteiger partial charge in [-0.2, -0.15) is 0 Å². The molecule has 2 aliphatic heterocycles. The van der Waals surface area contributed by atoms with Crippen molar-refractivity contribution < 1.29 is 19.2 Å². The second kappa shape index (κ2) is 6.13. The Morgan fingerprint density at radius 1 is 0.636 bits per heavy atom. The van der Waals surface area contributed by atoms with E-state index in [1.807, 2.05) is 9.80 Å². The highest BCUT2D eigenvalue weighted by atomic mass is 16.2.